The van der Waals surface area contributed by atoms with E-state index < -0.39 is 5.97 Å². The summed E-state index contributed by atoms with van der Waals surface area (Å²) in [7, 11) is 1.32. The molecule has 0 aliphatic rings. The van der Waals surface area contributed by atoms with Gasteiger partial charge in [-0.15, -0.1) is 0 Å². The van der Waals surface area contributed by atoms with E-state index in [1.54, 1.807) is 18.2 Å². The summed E-state index contributed by atoms with van der Waals surface area (Å²) in [5.74, 6) is -0.403. The summed E-state index contributed by atoms with van der Waals surface area (Å²) >= 11 is 5.81. The number of carbonyl (C=O) groups is 1. The Bertz CT molecular complexity index is 410. The van der Waals surface area contributed by atoms with Crippen molar-refractivity contribution in [1.29, 1.82) is 5.26 Å². The van der Waals surface area contributed by atoms with Crippen molar-refractivity contribution >= 4 is 17.6 Å². The van der Waals surface area contributed by atoms with Crippen LogP contribution in [0, 0.1) is 11.3 Å². The van der Waals surface area contributed by atoms with Gasteiger partial charge in [-0.2, -0.15) is 5.26 Å². The number of ether oxygens (including phenoxy) is 1. The fraction of sp³-hybridized carbons (Fsp3) is 0.273. The second-order valence-electron chi connectivity index (χ2n) is 2.95. The van der Waals surface area contributed by atoms with Gasteiger partial charge in [-0.25, -0.2) is 4.79 Å². The third-order valence-electron chi connectivity index (χ3n) is 1.98. The summed E-state index contributed by atoms with van der Waals surface area (Å²) in [5.41, 5.74) is 1.22. The number of nitriles is 1. The molecule has 0 aliphatic heterocycles. The first kappa shape index (κ1) is 11.5. The lowest BCUT2D eigenvalue weighted by atomic mass is 10.0. The maximum absolute atomic E-state index is 11.4. The molecular formula is C11H10ClNO2. The molecular weight excluding hydrogens is 214 g/mol. The SMILES string of the molecule is COC(=O)c1ccc(Cl)cc1CCC#N. The number of nitrogens with zero attached hydrogens (tertiary/aromatic N) is 1. The van der Waals surface area contributed by atoms with Gasteiger partial charge in [0.05, 0.1) is 18.7 Å². The number of hydrogen-bond donors (Lipinski definition) is 0. The number of aryl methyl sites for hydroxylation is 1. The minimum atomic E-state index is -0.403. The van der Waals surface area contributed by atoms with E-state index in [0.29, 0.717) is 23.4 Å². The Balaban J connectivity index is 3.04. The number of rotatable bonds is 3. The summed E-state index contributed by atoms with van der Waals surface area (Å²) in [5, 5.41) is 9.04. The molecule has 4 heteroatoms. The van der Waals surface area contributed by atoms with Crippen LogP contribution in [0.4, 0.5) is 0 Å². The van der Waals surface area contributed by atoms with E-state index in [9.17, 15) is 4.79 Å². The number of carbonyl (C=O) groups excluding carboxylic acids is 1. The Morgan fingerprint density at radius 3 is 2.93 bits per heavy atom. The van der Waals surface area contributed by atoms with E-state index in [1.165, 1.54) is 7.11 Å². The highest BCUT2D eigenvalue weighted by molar-refractivity contribution is 6.30. The maximum atomic E-state index is 11.4. The number of halogens is 1. The zero-order valence-electron chi connectivity index (χ0n) is 8.29. The molecule has 0 N–H and O–H groups in total. The lowest BCUT2D eigenvalue weighted by Gasteiger charge is -2.06. The molecule has 0 aromatic heterocycles. The standard InChI is InChI=1S/C11H10ClNO2/c1-15-11(14)10-5-4-9(12)7-8(10)3-2-6-13/h4-5,7H,2-3H2,1H3. The molecule has 0 saturated heterocycles. The van der Waals surface area contributed by atoms with Gasteiger partial charge in [-0.3, -0.25) is 0 Å². The van der Waals surface area contributed by atoms with Crippen molar-refractivity contribution in [2.45, 2.75) is 12.8 Å². The topological polar surface area (TPSA) is 50.1 Å². The quantitative estimate of drug-likeness (QED) is 0.740. The normalized spacial score (nSPS) is 9.40. The summed E-state index contributed by atoms with van der Waals surface area (Å²) in [6, 6.07) is 6.95. The van der Waals surface area contributed by atoms with E-state index in [4.69, 9.17) is 16.9 Å². The zero-order chi connectivity index (χ0) is 11.3. The van der Waals surface area contributed by atoms with Gasteiger partial charge in [0.1, 0.15) is 0 Å². The first-order valence-electron chi connectivity index (χ1n) is 4.42. The Labute approximate surface area is 93.2 Å². The molecule has 0 atom stereocenters. The first-order valence-corrected chi connectivity index (χ1v) is 4.80. The van der Waals surface area contributed by atoms with Crippen molar-refractivity contribution < 1.29 is 9.53 Å². The maximum Gasteiger partial charge on any atom is 0.338 e. The molecule has 0 aliphatic carbocycles. The van der Waals surface area contributed by atoms with Gasteiger partial charge in [0.2, 0.25) is 0 Å². The van der Waals surface area contributed by atoms with Crippen molar-refractivity contribution in [3.8, 4) is 6.07 Å². The van der Waals surface area contributed by atoms with Crippen molar-refractivity contribution in [3.05, 3.63) is 34.3 Å². The van der Waals surface area contributed by atoms with Crippen LogP contribution < -0.4 is 0 Å². The summed E-state index contributed by atoms with van der Waals surface area (Å²) in [6.45, 7) is 0. The van der Waals surface area contributed by atoms with Gasteiger partial charge in [0.25, 0.3) is 0 Å². The van der Waals surface area contributed by atoms with E-state index in [0.717, 1.165) is 5.56 Å². The minimum Gasteiger partial charge on any atom is -0.465 e. The van der Waals surface area contributed by atoms with Crippen molar-refractivity contribution in [1.82, 2.24) is 0 Å². The van der Waals surface area contributed by atoms with Crippen LogP contribution in [-0.4, -0.2) is 13.1 Å². The van der Waals surface area contributed by atoms with Crippen LogP contribution in [0.25, 0.3) is 0 Å². The highest BCUT2D eigenvalue weighted by atomic mass is 35.5. The molecule has 0 spiro atoms. The predicted octanol–water partition coefficient (Wildman–Crippen LogP) is 2.58. The monoisotopic (exact) mass is 223 g/mol. The van der Waals surface area contributed by atoms with Gasteiger partial charge < -0.3 is 4.74 Å². The zero-order valence-corrected chi connectivity index (χ0v) is 9.04. The fourth-order valence-electron chi connectivity index (χ4n) is 1.27. The van der Waals surface area contributed by atoms with Crippen molar-refractivity contribution in [2.75, 3.05) is 7.11 Å². The lowest BCUT2D eigenvalue weighted by molar-refractivity contribution is 0.0599. The van der Waals surface area contributed by atoms with Crippen LogP contribution >= 0.6 is 11.6 Å². The first-order chi connectivity index (χ1) is 7.19. The average Bonchev–Trinajstić information content (AvgIpc) is 2.25. The Morgan fingerprint density at radius 2 is 2.33 bits per heavy atom. The molecule has 1 rings (SSSR count). The Kier molecular flexibility index (Phi) is 4.14. The van der Waals surface area contributed by atoms with Crippen LogP contribution in [0.1, 0.15) is 22.3 Å². The van der Waals surface area contributed by atoms with Crippen LogP contribution in [0.5, 0.6) is 0 Å². The Morgan fingerprint density at radius 1 is 1.60 bits per heavy atom. The average molecular weight is 224 g/mol. The molecule has 1 aromatic rings. The molecule has 0 amide bonds. The second kappa shape index (κ2) is 5.38. The number of methoxy groups -OCH3 is 1. The molecule has 78 valence electrons. The van der Waals surface area contributed by atoms with Crippen molar-refractivity contribution in [3.63, 3.8) is 0 Å². The smallest absolute Gasteiger partial charge is 0.338 e. The predicted molar refractivity (Wildman–Crippen MR) is 56.7 cm³/mol. The summed E-state index contributed by atoms with van der Waals surface area (Å²) in [4.78, 5) is 11.4. The second-order valence-corrected chi connectivity index (χ2v) is 3.39. The van der Waals surface area contributed by atoms with E-state index >= 15 is 0 Å². The van der Waals surface area contributed by atoms with Crippen LogP contribution in [0.3, 0.4) is 0 Å². The molecule has 0 heterocycles. The molecule has 1 aromatic carbocycles. The van der Waals surface area contributed by atoms with E-state index in [1.807, 2.05) is 6.07 Å². The van der Waals surface area contributed by atoms with Gasteiger partial charge in [0, 0.05) is 11.4 Å². The van der Waals surface area contributed by atoms with Crippen molar-refractivity contribution in [2.24, 2.45) is 0 Å². The highest BCUT2D eigenvalue weighted by Gasteiger charge is 2.11. The van der Waals surface area contributed by atoms with Gasteiger partial charge >= 0.3 is 5.97 Å². The minimum absolute atomic E-state index is 0.352. The third kappa shape index (κ3) is 2.97. The molecule has 0 unspecified atom stereocenters. The molecule has 15 heavy (non-hydrogen) atoms. The molecule has 0 fully saturated rings. The highest BCUT2D eigenvalue weighted by Crippen LogP contribution is 2.18. The third-order valence-corrected chi connectivity index (χ3v) is 2.21. The van der Waals surface area contributed by atoms with E-state index in [-0.39, 0.29) is 0 Å². The number of benzene rings is 1. The molecule has 0 saturated carbocycles. The number of esters is 1. The fourth-order valence-corrected chi connectivity index (χ4v) is 1.46. The molecule has 0 bridgehead atoms. The van der Waals surface area contributed by atoms with Crippen LogP contribution in [-0.2, 0) is 11.2 Å². The van der Waals surface area contributed by atoms with Gasteiger partial charge in [-0.1, -0.05) is 11.6 Å². The summed E-state index contributed by atoms with van der Waals surface area (Å²) in [6.07, 6.45) is 0.853. The molecule has 0 radical (unpaired) electrons. The summed E-state index contributed by atoms with van der Waals surface area (Å²) < 4.78 is 4.63. The van der Waals surface area contributed by atoms with Crippen LogP contribution in [0.2, 0.25) is 5.02 Å². The van der Waals surface area contributed by atoms with Gasteiger partial charge in [0.15, 0.2) is 0 Å². The largest absolute Gasteiger partial charge is 0.465 e. The molecule has 3 nitrogen and oxygen atoms in total. The Hall–Kier alpha value is -1.53. The van der Waals surface area contributed by atoms with E-state index in [2.05, 4.69) is 4.74 Å². The lowest BCUT2D eigenvalue weighted by Crippen LogP contribution is -2.05. The number of hydrogen-bond acceptors (Lipinski definition) is 3. The van der Waals surface area contributed by atoms with Crippen LogP contribution in [0.15, 0.2) is 18.2 Å². The van der Waals surface area contributed by atoms with Gasteiger partial charge in [-0.05, 0) is 30.2 Å².